The van der Waals surface area contributed by atoms with Gasteiger partial charge in [0, 0.05) is 37.8 Å². The summed E-state index contributed by atoms with van der Waals surface area (Å²) in [6.45, 7) is 6.17. The molecular weight excluding hydrogens is 316 g/mol. The van der Waals surface area contributed by atoms with Crippen LogP contribution in [-0.2, 0) is 9.59 Å². The Balaban J connectivity index is 1.54. The predicted octanol–water partition coefficient (Wildman–Crippen LogP) is 2.19. The van der Waals surface area contributed by atoms with Gasteiger partial charge in [0.1, 0.15) is 11.9 Å². The van der Waals surface area contributed by atoms with Crippen molar-refractivity contribution in [2.24, 2.45) is 0 Å². The number of anilines is 1. The standard InChI is InChI=1S/C19H28N4O2/c1-3-16(23-11-5-8-18(23)24)19(25)22-12-9-15(10-13-22)21-17-7-4-6-14(2)20-17/h4,6-7,15-16H,3,5,8-13H2,1-2H3,(H,20,21). The second-order valence-corrected chi connectivity index (χ2v) is 7.02. The van der Waals surface area contributed by atoms with Gasteiger partial charge in [-0.05, 0) is 44.7 Å². The summed E-state index contributed by atoms with van der Waals surface area (Å²) < 4.78 is 0. The lowest BCUT2D eigenvalue weighted by atomic mass is 10.0. The van der Waals surface area contributed by atoms with Crippen LogP contribution in [0.1, 0.15) is 44.7 Å². The number of hydrogen-bond acceptors (Lipinski definition) is 4. The second kappa shape index (κ2) is 7.85. The number of pyridine rings is 1. The van der Waals surface area contributed by atoms with Crippen LogP contribution in [0.15, 0.2) is 18.2 Å². The minimum atomic E-state index is -0.280. The monoisotopic (exact) mass is 344 g/mol. The van der Waals surface area contributed by atoms with E-state index in [0.29, 0.717) is 18.9 Å². The molecule has 2 saturated heterocycles. The van der Waals surface area contributed by atoms with Gasteiger partial charge in [0.2, 0.25) is 11.8 Å². The molecule has 0 aromatic carbocycles. The van der Waals surface area contributed by atoms with Gasteiger partial charge in [-0.1, -0.05) is 13.0 Å². The van der Waals surface area contributed by atoms with Gasteiger partial charge in [0.25, 0.3) is 0 Å². The first-order valence-corrected chi connectivity index (χ1v) is 9.37. The van der Waals surface area contributed by atoms with Gasteiger partial charge in [0.15, 0.2) is 0 Å². The molecule has 1 N–H and O–H groups in total. The summed E-state index contributed by atoms with van der Waals surface area (Å²) in [7, 11) is 0. The van der Waals surface area contributed by atoms with E-state index >= 15 is 0 Å². The van der Waals surface area contributed by atoms with Crippen molar-refractivity contribution in [3.05, 3.63) is 23.9 Å². The first kappa shape index (κ1) is 17.7. The van der Waals surface area contributed by atoms with Crippen molar-refractivity contribution < 1.29 is 9.59 Å². The lowest BCUT2D eigenvalue weighted by Crippen LogP contribution is -2.52. The van der Waals surface area contributed by atoms with Crippen molar-refractivity contribution in [1.29, 1.82) is 0 Å². The molecule has 1 aromatic heterocycles. The van der Waals surface area contributed by atoms with E-state index in [2.05, 4.69) is 10.3 Å². The average molecular weight is 344 g/mol. The van der Waals surface area contributed by atoms with Crippen molar-refractivity contribution >= 4 is 17.6 Å². The number of carbonyl (C=O) groups excluding carboxylic acids is 2. The summed E-state index contributed by atoms with van der Waals surface area (Å²) in [5.41, 5.74) is 0.999. The highest BCUT2D eigenvalue weighted by Gasteiger charge is 2.35. The lowest BCUT2D eigenvalue weighted by Gasteiger charge is -2.36. The minimum absolute atomic E-state index is 0.116. The molecule has 25 heavy (non-hydrogen) atoms. The molecule has 2 amide bonds. The van der Waals surface area contributed by atoms with Crippen LogP contribution in [0.25, 0.3) is 0 Å². The Kier molecular flexibility index (Phi) is 5.56. The maximum Gasteiger partial charge on any atom is 0.245 e. The molecule has 3 rings (SSSR count). The van der Waals surface area contributed by atoms with Crippen LogP contribution in [0.3, 0.4) is 0 Å². The maximum absolute atomic E-state index is 12.9. The molecular formula is C19H28N4O2. The fourth-order valence-electron chi connectivity index (χ4n) is 3.81. The fraction of sp³-hybridized carbons (Fsp3) is 0.632. The number of nitrogens with zero attached hydrogens (tertiary/aromatic N) is 3. The highest BCUT2D eigenvalue weighted by molar-refractivity contribution is 5.88. The summed E-state index contributed by atoms with van der Waals surface area (Å²) in [6.07, 6.45) is 3.96. The van der Waals surface area contributed by atoms with Crippen molar-refractivity contribution in [2.75, 3.05) is 25.0 Å². The van der Waals surface area contributed by atoms with Gasteiger partial charge in [-0.25, -0.2) is 4.98 Å². The van der Waals surface area contributed by atoms with Crippen molar-refractivity contribution in [1.82, 2.24) is 14.8 Å². The highest BCUT2D eigenvalue weighted by Crippen LogP contribution is 2.21. The molecule has 1 unspecified atom stereocenters. The first-order chi connectivity index (χ1) is 12.1. The second-order valence-electron chi connectivity index (χ2n) is 7.02. The minimum Gasteiger partial charge on any atom is -0.367 e. The van der Waals surface area contributed by atoms with Gasteiger partial charge >= 0.3 is 0 Å². The molecule has 1 aromatic rings. The zero-order valence-corrected chi connectivity index (χ0v) is 15.2. The zero-order valence-electron chi connectivity index (χ0n) is 15.2. The number of likely N-dealkylation sites (tertiary alicyclic amines) is 2. The average Bonchev–Trinajstić information content (AvgIpc) is 3.02. The number of piperidine rings is 1. The van der Waals surface area contributed by atoms with Crippen LogP contribution in [0, 0.1) is 6.92 Å². The van der Waals surface area contributed by atoms with Gasteiger partial charge in [-0.2, -0.15) is 0 Å². The predicted molar refractivity (Wildman–Crippen MR) is 97.2 cm³/mol. The number of amides is 2. The molecule has 2 fully saturated rings. The number of aryl methyl sites for hydroxylation is 1. The number of nitrogens with one attached hydrogen (secondary N) is 1. The van der Waals surface area contributed by atoms with Gasteiger partial charge < -0.3 is 15.1 Å². The third-order valence-corrected chi connectivity index (χ3v) is 5.20. The Morgan fingerprint density at radius 2 is 2.08 bits per heavy atom. The SMILES string of the molecule is CCC(C(=O)N1CCC(Nc2cccc(C)n2)CC1)N1CCCC1=O. The zero-order chi connectivity index (χ0) is 17.8. The normalized spacial score (nSPS) is 20.0. The Morgan fingerprint density at radius 3 is 2.68 bits per heavy atom. The van der Waals surface area contributed by atoms with E-state index in [0.717, 1.165) is 50.4 Å². The van der Waals surface area contributed by atoms with E-state index in [1.165, 1.54) is 0 Å². The molecule has 6 heteroatoms. The van der Waals surface area contributed by atoms with E-state index in [9.17, 15) is 9.59 Å². The van der Waals surface area contributed by atoms with Crippen LogP contribution in [0.5, 0.6) is 0 Å². The Labute approximate surface area is 149 Å². The van der Waals surface area contributed by atoms with Gasteiger partial charge in [0.05, 0.1) is 0 Å². The summed E-state index contributed by atoms with van der Waals surface area (Å²) >= 11 is 0. The Bertz CT molecular complexity index is 626. The van der Waals surface area contributed by atoms with E-state index in [4.69, 9.17) is 0 Å². The quantitative estimate of drug-likeness (QED) is 0.889. The molecule has 1 atom stereocenters. The van der Waals surface area contributed by atoms with Crippen LogP contribution < -0.4 is 5.32 Å². The van der Waals surface area contributed by atoms with Gasteiger partial charge in [-0.15, -0.1) is 0 Å². The summed E-state index contributed by atoms with van der Waals surface area (Å²) in [6, 6.07) is 6.03. The Morgan fingerprint density at radius 1 is 1.32 bits per heavy atom. The number of aromatic nitrogens is 1. The van der Waals surface area contributed by atoms with Crippen molar-refractivity contribution in [3.8, 4) is 0 Å². The van der Waals surface area contributed by atoms with Crippen LogP contribution >= 0.6 is 0 Å². The third-order valence-electron chi connectivity index (χ3n) is 5.20. The van der Waals surface area contributed by atoms with E-state index < -0.39 is 0 Å². The van der Waals surface area contributed by atoms with Crippen molar-refractivity contribution in [2.45, 2.75) is 58.0 Å². The van der Waals surface area contributed by atoms with E-state index in [-0.39, 0.29) is 17.9 Å². The third kappa shape index (κ3) is 4.11. The lowest BCUT2D eigenvalue weighted by molar-refractivity contribution is -0.144. The molecule has 136 valence electrons. The van der Waals surface area contributed by atoms with E-state index in [1.54, 1.807) is 4.90 Å². The molecule has 3 heterocycles. The van der Waals surface area contributed by atoms with Crippen LogP contribution in [0.4, 0.5) is 5.82 Å². The van der Waals surface area contributed by atoms with Gasteiger partial charge in [-0.3, -0.25) is 9.59 Å². The van der Waals surface area contributed by atoms with E-state index in [1.807, 2.05) is 36.9 Å². The Hall–Kier alpha value is -2.11. The molecule has 0 aliphatic carbocycles. The number of hydrogen-bond donors (Lipinski definition) is 1. The molecule has 0 spiro atoms. The molecule has 2 aliphatic rings. The summed E-state index contributed by atoms with van der Waals surface area (Å²) in [5, 5.41) is 3.47. The smallest absolute Gasteiger partial charge is 0.245 e. The highest BCUT2D eigenvalue weighted by atomic mass is 16.2. The number of carbonyl (C=O) groups is 2. The fourth-order valence-corrected chi connectivity index (χ4v) is 3.81. The summed E-state index contributed by atoms with van der Waals surface area (Å²) in [5.74, 6) is 1.14. The molecule has 0 saturated carbocycles. The summed E-state index contributed by atoms with van der Waals surface area (Å²) in [4.78, 5) is 33.1. The molecule has 2 aliphatic heterocycles. The van der Waals surface area contributed by atoms with Crippen molar-refractivity contribution in [3.63, 3.8) is 0 Å². The largest absolute Gasteiger partial charge is 0.367 e. The molecule has 6 nitrogen and oxygen atoms in total. The first-order valence-electron chi connectivity index (χ1n) is 9.37. The number of rotatable bonds is 5. The topological polar surface area (TPSA) is 65.5 Å². The van der Waals surface area contributed by atoms with Crippen LogP contribution in [-0.4, -0.2) is 58.3 Å². The molecule has 0 bridgehead atoms. The van der Waals surface area contributed by atoms with Crippen LogP contribution in [0.2, 0.25) is 0 Å². The molecule has 0 radical (unpaired) electrons. The maximum atomic E-state index is 12.9.